The van der Waals surface area contributed by atoms with Crippen LogP contribution in [0, 0.1) is 0 Å². The van der Waals surface area contributed by atoms with Crippen molar-refractivity contribution in [3.05, 3.63) is 18.2 Å². The summed E-state index contributed by atoms with van der Waals surface area (Å²) < 4.78 is 33.6. The molecule has 0 unspecified atom stereocenters. The van der Waals surface area contributed by atoms with Gasteiger partial charge in [-0.05, 0) is 31.0 Å². The van der Waals surface area contributed by atoms with E-state index in [4.69, 9.17) is 4.74 Å². The number of benzene rings is 1. The van der Waals surface area contributed by atoms with Crippen molar-refractivity contribution in [2.45, 2.75) is 18.2 Å². The number of carbonyl (C=O) groups is 1. The first-order valence-corrected chi connectivity index (χ1v) is 13.7. The Morgan fingerprint density at radius 2 is 1.74 bits per heavy atom. The van der Waals surface area contributed by atoms with Crippen LogP contribution in [-0.2, 0) is 14.8 Å². The van der Waals surface area contributed by atoms with E-state index in [9.17, 15) is 13.2 Å². The lowest BCUT2D eigenvalue weighted by atomic mass is 10.2. The topological polar surface area (TPSA) is 73.4 Å². The Hall–Kier alpha value is -1.49. The normalized spacial score (nSPS) is 18.9. The number of methoxy groups -OCH3 is 1. The number of carbonyl (C=O) groups excluding carboxylic acids is 1. The van der Waals surface area contributed by atoms with Crippen molar-refractivity contribution in [1.29, 1.82) is 0 Å². The lowest BCUT2D eigenvalue weighted by molar-refractivity contribution is -0.131. The van der Waals surface area contributed by atoms with Gasteiger partial charge in [0.05, 0.1) is 17.7 Å². The van der Waals surface area contributed by atoms with Gasteiger partial charge in [-0.3, -0.25) is 4.79 Å². The second-order valence-corrected chi connectivity index (χ2v) is 10.7. The molecule has 0 N–H and O–H groups in total. The van der Waals surface area contributed by atoms with Crippen molar-refractivity contribution < 1.29 is 17.9 Å². The van der Waals surface area contributed by atoms with Gasteiger partial charge in [0.1, 0.15) is 5.75 Å². The van der Waals surface area contributed by atoms with E-state index in [0.29, 0.717) is 56.3 Å². The highest BCUT2D eigenvalue weighted by atomic mass is 32.2. The minimum Gasteiger partial charge on any atom is -0.495 e. The van der Waals surface area contributed by atoms with Crippen LogP contribution in [0.3, 0.4) is 0 Å². The number of thioether (sulfide) groups is 1. The van der Waals surface area contributed by atoms with Gasteiger partial charge in [-0.2, -0.15) is 16.1 Å². The summed E-state index contributed by atoms with van der Waals surface area (Å²) in [5.41, 5.74) is 0.770. The smallest absolute Gasteiger partial charge is 0.243 e. The molecule has 2 aliphatic rings. The predicted molar refractivity (Wildman–Crippen MR) is 126 cm³/mol. The number of amides is 1. The third kappa shape index (κ3) is 5.66. The molecule has 0 atom stereocenters. The highest BCUT2D eigenvalue weighted by Gasteiger charge is 2.30. The maximum absolute atomic E-state index is 13.3. The molecule has 174 valence electrons. The van der Waals surface area contributed by atoms with E-state index in [-0.39, 0.29) is 5.91 Å². The second-order valence-electron chi connectivity index (χ2n) is 7.78. The van der Waals surface area contributed by atoms with Crippen LogP contribution in [-0.4, -0.2) is 106 Å². The number of nitrogens with zero attached hydrogens (tertiary/aromatic N) is 4. The van der Waals surface area contributed by atoms with E-state index >= 15 is 0 Å². The quantitative estimate of drug-likeness (QED) is 0.569. The van der Waals surface area contributed by atoms with E-state index in [1.165, 1.54) is 0 Å². The molecule has 0 spiro atoms. The van der Waals surface area contributed by atoms with Crippen molar-refractivity contribution in [3.8, 4) is 5.75 Å². The van der Waals surface area contributed by atoms with Crippen molar-refractivity contribution in [2.75, 3.05) is 82.9 Å². The van der Waals surface area contributed by atoms with E-state index in [1.807, 2.05) is 11.2 Å². The van der Waals surface area contributed by atoms with Crippen molar-refractivity contribution in [1.82, 2.24) is 14.1 Å². The molecule has 2 fully saturated rings. The average molecular weight is 471 g/mol. The molecular weight excluding hydrogens is 436 g/mol. The first-order chi connectivity index (χ1) is 14.9. The van der Waals surface area contributed by atoms with Gasteiger partial charge in [-0.15, -0.1) is 0 Å². The summed E-state index contributed by atoms with van der Waals surface area (Å²) in [6, 6.07) is 5.10. The minimum atomic E-state index is -3.56. The Labute approximate surface area is 190 Å². The van der Waals surface area contributed by atoms with Crippen molar-refractivity contribution in [3.63, 3.8) is 0 Å². The Kier molecular flexibility index (Phi) is 8.49. The van der Waals surface area contributed by atoms with Gasteiger partial charge in [0.2, 0.25) is 15.9 Å². The van der Waals surface area contributed by atoms with Gasteiger partial charge in [-0.25, -0.2) is 8.42 Å². The second kappa shape index (κ2) is 10.9. The molecule has 1 amide bonds. The number of piperazine rings is 2. The summed E-state index contributed by atoms with van der Waals surface area (Å²) in [4.78, 5) is 18.9. The first kappa shape index (κ1) is 24.2. The molecule has 0 radical (unpaired) electrons. The molecule has 0 saturated carbocycles. The van der Waals surface area contributed by atoms with Gasteiger partial charge in [0.25, 0.3) is 0 Å². The summed E-state index contributed by atoms with van der Waals surface area (Å²) in [7, 11) is -1.96. The van der Waals surface area contributed by atoms with Crippen LogP contribution < -0.4 is 9.64 Å². The van der Waals surface area contributed by atoms with E-state index in [1.54, 1.807) is 41.4 Å². The Balaban J connectivity index is 1.73. The van der Waals surface area contributed by atoms with Gasteiger partial charge in [-0.1, -0.05) is 6.92 Å². The Morgan fingerprint density at radius 1 is 1.06 bits per heavy atom. The van der Waals surface area contributed by atoms with Crippen LogP contribution in [0.5, 0.6) is 5.75 Å². The molecule has 10 heteroatoms. The zero-order chi connectivity index (χ0) is 22.4. The monoisotopic (exact) mass is 470 g/mol. The Morgan fingerprint density at radius 3 is 2.32 bits per heavy atom. The minimum absolute atomic E-state index is 0.184. The van der Waals surface area contributed by atoms with E-state index in [0.717, 1.165) is 31.1 Å². The van der Waals surface area contributed by atoms with E-state index < -0.39 is 10.0 Å². The van der Waals surface area contributed by atoms with Gasteiger partial charge in [0, 0.05) is 64.5 Å². The average Bonchev–Trinajstić information content (AvgIpc) is 2.82. The number of ether oxygens (including phenoxy) is 1. The molecule has 1 aromatic carbocycles. The molecule has 0 aromatic heterocycles. The molecule has 3 rings (SSSR count). The maximum atomic E-state index is 13.3. The summed E-state index contributed by atoms with van der Waals surface area (Å²) in [6.45, 7) is 8.13. The third-order valence-electron chi connectivity index (χ3n) is 6.06. The summed E-state index contributed by atoms with van der Waals surface area (Å²) >= 11 is 1.68. The molecule has 8 nitrogen and oxygen atoms in total. The van der Waals surface area contributed by atoms with E-state index in [2.05, 4.69) is 16.7 Å². The number of rotatable bonds is 8. The highest BCUT2D eigenvalue weighted by Crippen LogP contribution is 2.33. The summed E-state index contributed by atoms with van der Waals surface area (Å²) in [5.74, 6) is 1.67. The van der Waals surface area contributed by atoms with Crippen LogP contribution in [0.4, 0.5) is 5.69 Å². The van der Waals surface area contributed by atoms with Crippen molar-refractivity contribution in [2.24, 2.45) is 0 Å². The first-order valence-electron chi connectivity index (χ1n) is 10.8. The van der Waals surface area contributed by atoms with Crippen LogP contribution in [0.2, 0.25) is 0 Å². The summed E-state index contributed by atoms with van der Waals surface area (Å²) in [5, 5.41) is 0. The fourth-order valence-electron chi connectivity index (χ4n) is 4.06. The number of anilines is 1. The van der Waals surface area contributed by atoms with Crippen LogP contribution in [0.25, 0.3) is 0 Å². The summed E-state index contributed by atoms with van der Waals surface area (Å²) in [6.07, 6.45) is 2.56. The molecule has 31 heavy (non-hydrogen) atoms. The predicted octanol–water partition coefficient (Wildman–Crippen LogP) is 1.42. The molecule has 2 heterocycles. The maximum Gasteiger partial charge on any atom is 0.243 e. The van der Waals surface area contributed by atoms with Gasteiger partial charge in [0.15, 0.2) is 0 Å². The number of hydrogen-bond acceptors (Lipinski definition) is 7. The van der Waals surface area contributed by atoms with Crippen molar-refractivity contribution >= 4 is 33.4 Å². The van der Waals surface area contributed by atoms with Crippen LogP contribution in [0.15, 0.2) is 23.1 Å². The molecule has 2 aliphatic heterocycles. The SMILES string of the molecule is CCN1CCN(S(=O)(=O)c2ccc(OC)c(N3CCN(C(=O)CCSC)CC3)c2)CC1. The number of sulfonamides is 1. The molecule has 0 bridgehead atoms. The zero-order valence-electron chi connectivity index (χ0n) is 18.7. The lowest BCUT2D eigenvalue weighted by Crippen LogP contribution is -2.49. The largest absolute Gasteiger partial charge is 0.495 e. The molecule has 0 aliphatic carbocycles. The zero-order valence-corrected chi connectivity index (χ0v) is 20.4. The Bertz CT molecular complexity index is 849. The fourth-order valence-corrected chi connectivity index (χ4v) is 5.88. The van der Waals surface area contributed by atoms with Crippen LogP contribution >= 0.6 is 11.8 Å². The molecule has 2 saturated heterocycles. The van der Waals surface area contributed by atoms with Crippen LogP contribution in [0.1, 0.15) is 13.3 Å². The fraction of sp³-hybridized carbons (Fsp3) is 0.667. The van der Waals surface area contributed by atoms with Gasteiger partial charge >= 0.3 is 0 Å². The third-order valence-corrected chi connectivity index (χ3v) is 8.57. The molecular formula is C21H34N4O4S2. The standard InChI is InChI=1S/C21H34N4O4S2/c1-4-22-8-14-25(15-9-22)31(27,28)18-5-6-20(29-2)19(17-18)23-10-12-24(13-11-23)21(26)7-16-30-3/h5-6,17H,4,7-16H2,1-3H3. The lowest BCUT2D eigenvalue weighted by Gasteiger charge is -2.37. The number of likely N-dealkylation sites (N-methyl/N-ethyl adjacent to an activating group) is 1. The highest BCUT2D eigenvalue weighted by molar-refractivity contribution is 7.98. The molecule has 1 aromatic rings. The number of hydrogen-bond donors (Lipinski definition) is 0. The van der Waals surface area contributed by atoms with Gasteiger partial charge < -0.3 is 19.4 Å².